The Bertz CT molecular complexity index is 649. The molecule has 142 valence electrons. The van der Waals surface area contributed by atoms with Crippen LogP contribution in [0.25, 0.3) is 0 Å². The fraction of sp³-hybridized carbons (Fsp3) is 0.545. The van der Waals surface area contributed by atoms with Gasteiger partial charge in [-0.25, -0.2) is 0 Å². The fourth-order valence-electron chi connectivity index (χ4n) is 3.37. The van der Waals surface area contributed by atoms with E-state index in [9.17, 15) is 9.59 Å². The molecule has 0 fully saturated rings. The van der Waals surface area contributed by atoms with Crippen molar-refractivity contribution in [3.8, 4) is 0 Å². The molecule has 1 aliphatic carbocycles. The number of hydrogen-bond donors (Lipinski definition) is 2. The maximum atomic E-state index is 12.6. The van der Waals surface area contributed by atoms with Crippen molar-refractivity contribution in [3.05, 3.63) is 47.0 Å². The van der Waals surface area contributed by atoms with Crippen LogP contribution in [0.4, 0.5) is 0 Å². The summed E-state index contributed by atoms with van der Waals surface area (Å²) in [5.74, 6) is 0.0555. The van der Waals surface area contributed by atoms with Crippen molar-refractivity contribution in [2.45, 2.75) is 65.3 Å². The van der Waals surface area contributed by atoms with Gasteiger partial charge < -0.3 is 10.6 Å². The molecule has 1 atom stereocenters. The maximum absolute atomic E-state index is 12.6. The molecular weight excluding hydrogens is 324 g/mol. The Hall–Kier alpha value is -2.10. The average Bonchev–Trinajstić information content (AvgIpc) is 2.62. The van der Waals surface area contributed by atoms with Crippen LogP contribution in [-0.2, 0) is 4.79 Å². The summed E-state index contributed by atoms with van der Waals surface area (Å²) in [5.41, 5.74) is 2.99. The monoisotopic (exact) mass is 356 g/mol. The summed E-state index contributed by atoms with van der Waals surface area (Å²) in [4.78, 5) is 25.2. The standard InChI is InChI=1S/C22H32N2O2/c1-16(2)15-20(24-21(25)19-12-8-7-9-17(19)3)22(26)23-14-13-18-10-5-4-6-11-18/h7-10,12,16,20H,4-6,11,13-15H2,1-3H3,(H,23,26)(H,24,25). The second-order valence-corrected chi connectivity index (χ2v) is 7.62. The van der Waals surface area contributed by atoms with Gasteiger partial charge in [-0.15, -0.1) is 0 Å². The summed E-state index contributed by atoms with van der Waals surface area (Å²) in [6.07, 6.45) is 8.68. The summed E-state index contributed by atoms with van der Waals surface area (Å²) in [6.45, 7) is 6.67. The van der Waals surface area contributed by atoms with E-state index in [-0.39, 0.29) is 11.8 Å². The van der Waals surface area contributed by atoms with Crippen LogP contribution in [0, 0.1) is 12.8 Å². The van der Waals surface area contributed by atoms with Crippen molar-refractivity contribution in [1.29, 1.82) is 0 Å². The number of carbonyl (C=O) groups excluding carboxylic acids is 2. The van der Waals surface area contributed by atoms with Crippen molar-refractivity contribution in [2.75, 3.05) is 6.54 Å². The van der Waals surface area contributed by atoms with E-state index in [2.05, 4.69) is 30.6 Å². The molecule has 1 aromatic rings. The minimum atomic E-state index is -0.498. The lowest BCUT2D eigenvalue weighted by Gasteiger charge is -2.21. The molecule has 1 aliphatic rings. The van der Waals surface area contributed by atoms with Gasteiger partial charge in [0.05, 0.1) is 0 Å². The Morgan fingerprint density at radius 2 is 1.92 bits per heavy atom. The molecule has 2 amide bonds. The zero-order chi connectivity index (χ0) is 18.9. The van der Waals surface area contributed by atoms with E-state index in [0.717, 1.165) is 24.8 Å². The predicted octanol–water partition coefficient (Wildman–Crippen LogP) is 4.15. The van der Waals surface area contributed by atoms with Crippen LogP contribution < -0.4 is 10.6 Å². The number of rotatable bonds is 8. The van der Waals surface area contributed by atoms with Crippen LogP contribution >= 0.6 is 0 Å². The van der Waals surface area contributed by atoms with Gasteiger partial charge in [-0.2, -0.15) is 0 Å². The molecule has 0 radical (unpaired) electrons. The maximum Gasteiger partial charge on any atom is 0.252 e. The van der Waals surface area contributed by atoms with Gasteiger partial charge in [0.25, 0.3) is 5.91 Å². The quantitative estimate of drug-likeness (QED) is 0.688. The smallest absolute Gasteiger partial charge is 0.252 e. The van der Waals surface area contributed by atoms with Crippen molar-refractivity contribution in [1.82, 2.24) is 10.6 Å². The largest absolute Gasteiger partial charge is 0.354 e. The summed E-state index contributed by atoms with van der Waals surface area (Å²) in [5, 5.41) is 5.94. The third kappa shape index (κ3) is 6.32. The van der Waals surface area contributed by atoms with Crippen LogP contribution in [0.15, 0.2) is 35.9 Å². The number of nitrogens with one attached hydrogen (secondary N) is 2. The fourth-order valence-corrected chi connectivity index (χ4v) is 3.37. The number of amides is 2. The highest BCUT2D eigenvalue weighted by molar-refractivity contribution is 5.98. The number of benzene rings is 1. The topological polar surface area (TPSA) is 58.2 Å². The molecule has 2 rings (SSSR count). The minimum absolute atomic E-state index is 0.0861. The van der Waals surface area contributed by atoms with Crippen molar-refractivity contribution >= 4 is 11.8 Å². The summed E-state index contributed by atoms with van der Waals surface area (Å²) in [7, 11) is 0. The zero-order valence-electron chi connectivity index (χ0n) is 16.3. The van der Waals surface area contributed by atoms with Gasteiger partial charge in [-0.1, -0.05) is 43.7 Å². The van der Waals surface area contributed by atoms with Gasteiger partial charge in [0.1, 0.15) is 6.04 Å². The van der Waals surface area contributed by atoms with Crippen LogP contribution in [0.3, 0.4) is 0 Å². The number of allylic oxidation sites excluding steroid dienone is 1. The zero-order valence-corrected chi connectivity index (χ0v) is 16.3. The molecule has 0 aliphatic heterocycles. The molecule has 0 saturated heterocycles. The normalized spacial score (nSPS) is 15.3. The molecule has 0 spiro atoms. The Balaban J connectivity index is 1.92. The van der Waals surface area contributed by atoms with Crippen molar-refractivity contribution < 1.29 is 9.59 Å². The van der Waals surface area contributed by atoms with Crippen LogP contribution in [0.5, 0.6) is 0 Å². The highest BCUT2D eigenvalue weighted by Gasteiger charge is 2.23. The van der Waals surface area contributed by atoms with E-state index < -0.39 is 6.04 Å². The van der Waals surface area contributed by atoms with Crippen molar-refractivity contribution in [2.24, 2.45) is 5.92 Å². The molecule has 0 saturated carbocycles. The van der Waals surface area contributed by atoms with E-state index in [1.165, 1.54) is 18.4 Å². The lowest BCUT2D eigenvalue weighted by atomic mass is 9.97. The minimum Gasteiger partial charge on any atom is -0.354 e. The first-order valence-electron chi connectivity index (χ1n) is 9.79. The lowest BCUT2D eigenvalue weighted by Crippen LogP contribution is -2.47. The van der Waals surface area contributed by atoms with E-state index in [1.807, 2.05) is 25.1 Å². The first-order valence-corrected chi connectivity index (χ1v) is 9.79. The molecule has 1 unspecified atom stereocenters. The Morgan fingerprint density at radius 1 is 1.15 bits per heavy atom. The predicted molar refractivity (Wildman–Crippen MR) is 106 cm³/mol. The van der Waals surface area contributed by atoms with E-state index in [0.29, 0.717) is 24.4 Å². The third-order valence-corrected chi connectivity index (χ3v) is 4.85. The summed E-state index contributed by atoms with van der Waals surface area (Å²) < 4.78 is 0. The van der Waals surface area contributed by atoms with Gasteiger partial charge in [-0.05, 0) is 63.0 Å². The van der Waals surface area contributed by atoms with Crippen LogP contribution in [0.2, 0.25) is 0 Å². The highest BCUT2D eigenvalue weighted by Crippen LogP contribution is 2.19. The average molecular weight is 357 g/mol. The molecule has 4 nitrogen and oxygen atoms in total. The van der Waals surface area contributed by atoms with Crippen molar-refractivity contribution in [3.63, 3.8) is 0 Å². The molecule has 1 aromatic carbocycles. The molecule has 2 N–H and O–H groups in total. The second-order valence-electron chi connectivity index (χ2n) is 7.62. The van der Waals surface area contributed by atoms with Gasteiger partial charge in [0.15, 0.2) is 0 Å². The third-order valence-electron chi connectivity index (χ3n) is 4.85. The van der Waals surface area contributed by atoms with Gasteiger partial charge in [0, 0.05) is 12.1 Å². The van der Waals surface area contributed by atoms with E-state index in [1.54, 1.807) is 6.07 Å². The lowest BCUT2D eigenvalue weighted by molar-refractivity contribution is -0.123. The Labute approximate surface area is 157 Å². The molecule has 0 aromatic heterocycles. The van der Waals surface area contributed by atoms with Gasteiger partial charge in [-0.3, -0.25) is 9.59 Å². The number of aryl methyl sites for hydroxylation is 1. The number of carbonyl (C=O) groups is 2. The van der Waals surface area contributed by atoms with E-state index in [4.69, 9.17) is 0 Å². The molecule has 4 heteroatoms. The number of hydrogen-bond acceptors (Lipinski definition) is 2. The molecular formula is C22H32N2O2. The first kappa shape index (κ1) is 20.2. The van der Waals surface area contributed by atoms with Gasteiger partial charge >= 0.3 is 0 Å². The second kappa shape index (κ2) is 10.1. The molecule has 0 heterocycles. The van der Waals surface area contributed by atoms with Crippen LogP contribution in [0.1, 0.15) is 68.3 Å². The Kier molecular flexibility index (Phi) is 7.89. The summed E-state index contributed by atoms with van der Waals surface area (Å²) >= 11 is 0. The first-order chi connectivity index (χ1) is 12.5. The van der Waals surface area contributed by atoms with Gasteiger partial charge in [0.2, 0.25) is 5.91 Å². The highest BCUT2D eigenvalue weighted by atomic mass is 16.2. The van der Waals surface area contributed by atoms with Crippen LogP contribution in [-0.4, -0.2) is 24.4 Å². The Morgan fingerprint density at radius 3 is 2.58 bits per heavy atom. The van der Waals surface area contributed by atoms with E-state index >= 15 is 0 Å². The molecule has 0 bridgehead atoms. The SMILES string of the molecule is Cc1ccccc1C(=O)NC(CC(C)C)C(=O)NCCC1=CCCCC1. The summed E-state index contributed by atoms with van der Waals surface area (Å²) in [6, 6.07) is 6.96. The molecule has 26 heavy (non-hydrogen) atoms.